The second-order valence-electron chi connectivity index (χ2n) is 5.44. The number of hydrogen-bond acceptors (Lipinski definition) is 6. The molecule has 2 aromatic rings. The maximum Gasteiger partial charge on any atom is 0.213 e. The highest BCUT2D eigenvalue weighted by molar-refractivity contribution is 5.61. The van der Waals surface area contributed by atoms with E-state index in [1.165, 1.54) is 12.8 Å². The van der Waals surface area contributed by atoms with Gasteiger partial charge in [-0.3, -0.25) is 9.36 Å². The molecule has 2 heterocycles. The van der Waals surface area contributed by atoms with Crippen LogP contribution in [0.25, 0.3) is 0 Å². The van der Waals surface area contributed by atoms with Crippen LogP contribution in [0.2, 0.25) is 0 Å². The average Bonchev–Trinajstić information content (AvgIpc) is 3.03. The Bertz CT molecular complexity index is 731. The summed E-state index contributed by atoms with van der Waals surface area (Å²) in [6.45, 7) is 4.76. The van der Waals surface area contributed by atoms with Crippen LogP contribution in [0.3, 0.4) is 0 Å². The Labute approximate surface area is 135 Å². The van der Waals surface area contributed by atoms with Crippen molar-refractivity contribution in [3.8, 4) is 6.07 Å². The van der Waals surface area contributed by atoms with Crippen molar-refractivity contribution < 1.29 is 0 Å². The third kappa shape index (κ3) is 3.94. The van der Waals surface area contributed by atoms with E-state index in [-0.39, 0.29) is 0 Å². The largest absolute Gasteiger partial charge is 0.382 e. The van der Waals surface area contributed by atoms with Crippen LogP contribution >= 0.6 is 0 Å². The third-order valence-electron chi connectivity index (χ3n) is 3.58. The first-order valence-corrected chi connectivity index (χ1v) is 7.75. The van der Waals surface area contributed by atoms with Gasteiger partial charge in [-0.2, -0.15) is 10.4 Å². The molecule has 2 aromatic heterocycles. The predicted molar refractivity (Wildman–Crippen MR) is 87.6 cm³/mol. The molecule has 0 atom stereocenters. The number of azo groups is 1. The third-order valence-corrected chi connectivity index (χ3v) is 3.58. The molecular weight excluding hydrogens is 292 g/mol. The fourth-order valence-corrected chi connectivity index (χ4v) is 2.26. The van der Waals surface area contributed by atoms with Crippen molar-refractivity contribution in [1.82, 2.24) is 19.6 Å². The highest BCUT2D eigenvalue weighted by atomic mass is 15.3. The molecule has 0 radical (unpaired) electrons. The Morgan fingerprint density at radius 2 is 2.04 bits per heavy atom. The zero-order valence-corrected chi connectivity index (χ0v) is 13.8. The van der Waals surface area contributed by atoms with Gasteiger partial charge in [-0.15, -0.1) is 15.3 Å². The molecule has 0 aliphatic rings. The van der Waals surface area contributed by atoms with E-state index in [1.807, 2.05) is 6.92 Å². The first-order chi connectivity index (χ1) is 11.1. The van der Waals surface area contributed by atoms with E-state index in [0.29, 0.717) is 28.6 Å². The lowest BCUT2D eigenvalue weighted by Crippen LogP contribution is -1.98. The average molecular weight is 314 g/mol. The second kappa shape index (κ2) is 7.54. The maximum atomic E-state index is 9.21. The molecule has 0 aliphatic carbocycles. The lowest BCUT2D eigenvalue weighted by molar-refractivity contribution is 0.541. The van der Waals surface area contributed by atoms with Crippen molar-refractivity contribution in [1.29, 1.82) is 5.26 Å². The number of nitrogens with two attached hydrogens (primary N) is 1. The van der Waals surface area contributed by atoms with Gasteiger partial charge in [0.25, 0.3) is 0 Å². The van der Waals surface area contributed by atoms with Crippen LogP contribution in [0, 0.1) is 18.3 Å². The number of unbranched alkanes of at least 4 members (excludes halogenated alkanes) is 3. The van der Waals surface area contributed by atoms with Crippen molar-refractivity contribution in [2.75, 3.05) is 5.73 Å². The molecule has 8 heteroatoms. The number of rotatable bonds is 7. The maximum absolute atomic E-state index is 9.21. The standard InChI is InChI=1S/C15H22N8/c1-4-5-6-7-8-23-10-12(9-16)15(21-23)19-18-13-11(2)20-22(3)14(13)17/h10H,4-8,17H2,1-3H3. The normalized spacial score (nSPS) is 11.2. The molecule has 0 saturated carbocycles. The second-order valence-corrected chi connectivity index (χ2v) is 5.44. The van der Waals surface area contributed by atoms with Gasteiger partial charge in [0.2, 0.25) is 5.82 Å². The Hall–Kier alpha value is -2.69. The summed E-state index contributed by atoms with van der Waals surface area (Å²) in [6.07, 6.45) is 6.29. The summed E-state index contributed by atoms with van der Waals surface area (Å²) in [4.78, 5) is 0. The minimum Gasteiger partial charge on any atom is -0.382 e. The van der Waals surface area contributed by atoms with Crippen molar-refractivity contribution in [3.05, 3.63) is 17.5 Å². The van der Waals surface area contributed by atoms with Crippen LogP contribution in [0.5, 0.6) is 0 Å². The molecule has 122 valence electrons. The highest BCUT2D eigenvalue weighted by Gasteiger charge is 2.11. The van der Waals surface area contributed by atoms with E-state index in [2.05, 4.69) is 33.4 Å². The van der Waals surface area contributed by atoms with Gasteiger partial charge in [-0.25, -0.2) is 0 Å². The quantitative estimate of drug-likeness (QED) is 0.623. The van der Waals surface area contributed by atoms with Gasteiger partial charge >= 0.3 is 0 Å². The number of aryl methyl sites for hydroxylation is 3. The van der Waals surface area contributed by atoms with Crippen molar-refractivity contribution >= 4 is 17.3 Å². The van der Waals surface area contributed by atoms with Crippen LogP contribution in [-0.2, 0) is 13.6 Å². The Kier molecular flexibility index (Phi) is 5.46. The molecule has 0 aliphatic heterocycles. The first kappa shape index (κ1) is 16.7. The number of aromatic nitrogens is 4. The predicted octanol–water partition coefficient (Wildman–Crippen LogP) is 3.37. The zero-order chi connectivity index (χ0) is 16.8. The van der Waals surface area contributed by atoms with Crippen LogP contribution in [0.4, 0.5) is 17.3 Å². The van der Waals surface area contributed by atoms with Crippen LogP contribution in [0.15, 0.2) is 16.4 Å². The van der Waals surface area contributed by atoms with Crippen LogP contribution in [0.1, 0.15) is 43.9 Å². The molecule has 2 N–H and O–H groups in total. The summed E-state index contributed by atoms with van der Waals surface area (Å²) in [6, 6.07) is 2.10. The zero-order valence-electron chi connectivity index (χ0n) is 13.8. The van der Waals surface area contributed by atoms with E-state index < -0.39 is 0 Å². The number of hydrogen-bond donors (Lipinski definition) is 1. The first-order valence-electron chi connectivity index (χ1n) is 7.75. The lowest BCUT2D eigenvalue weighted by atomic mass is 10.2. The molecule has 0 aromatic carbocycles. The van der Waals surface area contributed by atoms with Gasteiger partial charge in [0.15, 0.2) is 5.69 Å². The number of nitrogen functional groups attached to an aromatic ring is 1. The number of nitriles is 1. The van der Waals surface area contributed by atoms with Crippen molar-refractivity contribution in [2.45, 2.75) is 46.1 Å². The SMILES string of the molecule is CCCCCCn1cc(C#N)c(N=Nc2c(C)nn(C)c2N)n1. The summed E-state index contributed by atoms with van der Waals surface area (Å²) < 4.78 is 3.29. The van der Waals surface area contributed by atoms with Gasteiger partial charge < -0.3 is 5.73 Å². The smallest absolute Gasteiger partial charge is 0.213 e. The summed E-state index contributed by atoms with van der Waals surface area (Å²) in [7, 11) is 1.74. The molecular formula is C15H22N8. The molecule has 0 saturated heterocycles. The summed E-state index contributed by atoms with van der Waals surface area (Å²) >= 11 is 0. The van der Waals surface area contributed by atoms with E-state index in [9.17, 15) is 5.26 Å². The Morgan fingerprint density at radius 1 is 1.26 bits per heavy atom. The Morgan fingerprint density at radius 3 is 2.65 bits per heavy atom. The molecule has 0 amide bonds. The van der Waals surface area contributed by atoms with Crippen molar-refractivity contribution in [3.63, 3.8) is 0 Å². The van der Waals surface area contributed by atoms with Crippen LogP contribution < -0.4 is 5.73 Å². The van der Waals surface area contributed by atoms with E-state index in [0.717, 1.165) is 19.4 Å². The highest BCUT2D eigenvalue weighted by Crippen LogP contribution is 2.28. The molecule has 0 fully saturated rings. The molecule has 2 rings (SSSR count). The summed E-state index contributed by atoms with van der Waals surface area (Å²) in [5, 5.41) is 25.9. The topological polar surface area (TPSA) is 110 Å². The van der Waals surface area contributed by atoms with E-state index in [4.69, 9.17) is 5.73 Å². The molecule has 0 bridgehead atoms. The molecule has 0 unspecified atom stereocenters. The molecule has 0 spiro atoms. The van der Waals surface area contributed by atoms with Gasteiger partial charge in [0.05, 0.1) is 5.69 Å². The fraction of sp³-hybridized carbons (Fsp3) is 0.533. The fourth-order valence-electron chi connectivity index (χ4n) is 2.26. The van der Waals surface area contributed by atoms with Gasteiger partial charge in [0.1, 0.15) is 17.5 Å². The van der Waals surface area contributed by atoms with Gasteiger partial charge in [-0.1, -0.05) is 26.2 Å². The molecule has 8 nitrogen and oxygen atoms in total. The van der Waals surface area contributed by atoms with E-state index >= 15 is 0 Å². The van der Waals surface area contributed by atoms with Crippen molar-refractivity contribution in [2.24, 2.45) is 17.3 Å². The molecule has 23 heavy (non-hydrogen) atoms. The summed E-state index contributed by atoms with van der Waals surface area (Å²) in [5.74, 6) is 0.745. The number of anilines is 1. The number of nitrogens with zero attached hydrogens (tertiary/aromatic N) is 7. The van der Waals surface area contributed by atoms with Gasteiger partial charge in [0, 0.05) is 19.8 Å². The Balaban J connectivity index is 2.14. The minimum absolute atomic E-state index is 0.311. The van der Waals surface area contributed by atoms with E-state index in [1.54, 1.807) is 22.6 Å². The monoisotopic (exact) mass is 314 g/mol. The summed E-state index contributed by atoms with van der Waals surface area (Å²) in [5.41, 5.74) is 7.50. The lowest BCUT2D eigenvalue weighted by Gasteiger charge is -1.99. The van der Waals surface area contributed by atoms with Gasteiger partial charge in [-0.05, 0) is 13.3 Å². The van der Waals surface area contributed by atoms with Crippen LogP contribution in [-0.4, -0.2) is 19.6 Å². The minimum atomic E-state index is 0.311.